The van der Waals surface area contributed by atoms with Crippen molar-refractivity contribution in [2.75, 3.05) is 13.2 Å². The molecule has 0 rings (SSSR count). The van der Waals surface area contributed by atoms with Crippen LogP contribution in [0.1, 0.15) is 406 Å². The standard InChI is InChI=1S/C27H52O4.2C24H46O2/c1-2-3-4-5-6-7-8-9-10-11-12-13-14-15-16-17-18-19-20-21-22-23-27(30)31-25-26(29)24-28;2*1-2-3-4-5-6-7-8-9-10-11-12-13-14-15-16-17-18-19-20-21-22-23-24(25)26/h9-10,26,28-29H,2-8,11-25H2,1H3;2*9-10H,2-8,11-23H2,1H3,(H,25,26)/p-2. The molecule has 8 nitrogen and oxygen atoms in total. The molecule has 0 amide bonds. The van der Waals surface area contributed by atoms with Gasteiger partial charge in [0.2, 0.25) is 0 Å². The van der Waals surface area contributed by atoms with Crippen LogP contribution in [0, 0.1) is 0 Å². The van der Waals surface area contributed by atoms with Crippen molar-refractivity contribution in [2.45, 2.75) is 412 Å². The summed E-state index contributed by atoms with van der Waals surface area (Å²) in [5.74, 6) is -2.09. The first-order chi connectivity index (χ1) is 40.7. The Kier molecular flexibility index (Phi) is 81.2. The Labute approximate surface area is 516 Å². The first-order valence-electron chi connectivity index (χ1n) is 36.5. The molecule has 0 saturated carbocycles. The van der Waals surface area contributed by atoms with E-state index in [9.17, 15) is 24.6 Å². The number of hydrogen-bond donors (Lipinski definition) is 2. The van der Waals surface area contributed by atoms with Gasteiger partial charge in [0.15, 0.2) is 0 Å². The lowest BCUT2D eigenvalue weighted by Crippen LogP contribution is -2.21. The zero-order chi connectivity index (χ0) is 61.1. The highest BCUT2D eigenvalue weighted by molar-refractivity contribution is 5.69. The number of esters is 1. The monoisotopic (exact) mass is 1170 g/mol. The van der Waals surface area contributed by atoms with Crippen molar-refractivity contribution in [1.29, 1.82) is 0 Å². The van der Waals surface area contributed by atoms with Crippen molar-refractivity contribution in [1.82, 2.24) is 0 Å². The molecule has 1 atom stereocenters. The summed E-state index contributed by atoms with van der Waals surface area (Å²) in [6.45, 7) is 6.34. The summed E-state index contributed by atoms with van der Waals surface area (Å²) in [6, 6.07) is 0. The number of ether oxygens (including phenoxy) is 1. The van der Waals surface area contributed by atoms with Gasteiger partial charge in [-0.05, 0) is 109 Å². The minimum absolute atomic E-state index is 0.106. The molecule has 492 valence electrons. The van der Waals surface area contributed by atoms with Crippen LogP contribution in [0.3, 0.4) is 0 Å². The summed E-state index contributed by atoms with van der Waals surface area (Å²) < 4.78 is 4.89. The van der Waals surface area contributed by atoms with Gasteiger partial charge in [-0.2, -0.15) is 0 Å². The van der Waals surface area contributed by atoms with Crippen LogP contribution in [0.2, 0.25) is 0 Å². The van der Waals surface area contributed by atoms with E-state index in [1.165, 1.54) is 327 Å². The van der Waals surface area contributed by atoms with E-state index in [4.69, 9.17) is 14.9 Å². The van der Waals surface area contributed by atoms with E-state index in [-0.39, 0.29) is 32.0 Å². The molecule has 0 aromatic heterocycles. The average molecular weight is 1170 g/mol. The number of carboxylic acid groups (broad SMARTS) is 2. The molecule has 1 unspecified atom stereocenters. The van der Waals surface area contributed by atoms with Crippen LogP contribution in [-0.4, -0.2) is 47.4 Å². The van der Waals surface area contributed by atoms with Crippen LogP contribution in [0.4, 0.5) is 0 Å². The molecule has 0 aliphatic rings. The van der Waals surface area contributed by atoms with Crippen LogP contribution in [-0.2, 0) is 19.1 Å². The molecule has 2 N–H and O–H groups in total. The van der Waals surface area contributed by atoms with Gasteiger partial charge < -0.3 is 34.8 Å². The normalized spacial score (nSPS) is 11.8. The van der Waals surface area contributed by atoms with Gasteiger partial charge in [-0.3, -0.25) is 4.79 Å². The Morgan fingerprint density at radius 3 is 0.675 bits per heavy atom. The Bertz CT molecular complexity index is 1260. The maximum absolute atomic E-state index is 11.4. The van der Waals surface area contributed by atoms with E-state index in [0.29, 0.717) is 6.42 Å². The van der Waals surface area contributed by atoms with Gasteiger partial charge in [0.05, 0.1) is 6.61 Å². The number of hydrogen-bond acceptors (Lipinski definition) is 8. The lowest BCUT2D eigenvalue weighted by molar-refractivity contribution is -0.307. The summed E-state index contributed by atoms with van der Waals surface area (Å²) in [4.78, 5) is 32.0. The Morgan fingerprint density at radius 1 is 0.301 bits per heavy atom. The molecule has 0 aromatic carbocycles. The van der Waals surface area contributed by atoms with Gasteiger partial charge in [-0.25, -0.2) is 0 Å². The van der Waals surface area contributed by atoms with Crippen molar-refractivity contribution in [3.8, 4) is 0 Å². The number of carbonyl (C=O) groups is 3. The van der Waals surface area contributed by atoms with Crippen LogP contribution < -0.4 is 10.2 Å². The Hall–Kier alpha value is -2.45. The first kappa shape index (κ1) is 84.8. The number of carboxylic acids is 2. The summed E-state index contributed by atoms with van der Waals surface area (Å²) in [6.07, 6.45) is 88.3. The van der Waals surface area contributed by atoms with Gasteiger partial charge in [0, 0.05) is 18.4 Å². The van der Waals surface area contributed by atoms with Crippen LogP contribution >= 0.6 is 0 Å². The molecule has 0 aliphatic heterocycles. The average Bonchev–Trinajstić information content (AvgIpc) is 3.47. The second-order valence-corrected chi connectivity index (χ2v) is 24.6. The van der Waals surface area contributed by atoms with E-state index in [1.54, 1.807) is 0 Å². The fourth-order valence-corrected chi connectivity index (χ4v) is 10.5. The summed E-state index contributed by atoms with van der Waals surface area (Å²) in [5.41, 5.74) is 0. The van der Waals surface area contributed by atoms with Gasteiger partial charge in [-0.1, -0.05) is 327 Å². The van der Waals surface area contributed by atoms with Gasteiger partial charge >= 0.3 is 5.97 Å². The highest BCUT2D eigenvalue weighted by Gasteiger charge is 2.07. The molecule has 0 fully saturated rings. The van der Waals surface area contributed by atoms with Crippen molar-refractivity contribution in [2.24, 2.45) is 0 Å². The van der Waals surface area contributed by atoms with Crippen LogP contribution in [0.5, 0.6) is 0 Å². The highest BCUT2D eigenvalue weighted by atomic mass is 16.5. The predicted molar refractivity (Wildman–Crippen MR) is 356 cm³/mol. The van der Waals surface area contributed by atoms with Crippen LogP contribution in [0.15, 0.2) is 36.5 Å². The lowest BCUT2D eigenvalue weighted by atomic mass is 10.0. The smallest absolute Gasteiger partial charge is 0.305 e. The Balaban J connectivity index is -0.00000116. The second-order valence-electron chi connectivity index (χ2n) is 24.6. The first-order valence-corrected chi connectivity index (χ1v) is 36.5. The van der Waals surface area contributed by atoms with Crippen molar-refractivity contribution in [3.63, 3.8) is 0 Å². The number of unbranched alkanes of at least 4 members (excludes halogenated alkanes) is 51. The van der Waals surface area contributed by atoms with E-state index < -0.39 is 18.0 Å². The van der Waals surface area contributed by atoms with Gasteiger partial charge in [0.25, 0.3) is 0 Å². The molecule has 0 spiro atoms. The summed E-state index contributed by atoms with van der Waals surface area (Å²) in [5, 5.41) is 38.4. The van der Waals surface area contributed by atoms with Crippen LogP contribution in [0.25, 0.3) is 0 Å². The summed E-state index contributed by atoms with van der Waals surface area (Å²) >= 11 is 0. The van der Waals surface area contributed by atoms with E-state index >= 15 is 0 Å². The molecule has 0 radical (unpaired) electrons. The fourth-order valence-electron chi connectivity index (χ4n) is 10.5. The van der Waals surface area contributed by atoms with E-state index in [1.807, 2.05) is 0 Å². The van der Waals surface area contributed by atoms with Gasteiger partial charge in [-0.15, -0.1) is 0 Å². The summed E-state index contributed by atoms with van der Waals surface area (Å²) in [7, 11) is 0. The van der Waals surface area contributed by atoms with Crippen molar-refractivity contribution in [3.05, 3.63) is 36.5 Å². The quantitative estimate of drug-likeness (QED) is 0.0348. The zero-order valence-electron chi connectivity index (χ0n) is 55.7. The second kappa shape index (κ2) is 79.5. The molecular weight excluding hydrogens is 1030 g/mol. The molecule has 0 aromatic rings. The molecule has 0 heterocycles. The number of rotatable bonds is 66. The van der Waals surface area contributed by atoms with Gasteiger partial charge in [0.1, 0.15) is 12.7 Å². The van der Waals surface area contributed by atoms with E-state index in [0.717, 1.165) is 38.5 Å². The number of aliphatic hydroxyl groups is 2. The molecule has 0 aliphatic carbocycles. The fraction of sp³-hybridized carbons (Fsp3) is 0.880. The minimum Gasteiger partial charge on any atom is -0.550 e. The SMILES string of the molecule is CCCCCCCCC=CCCCCCCCCCCCCCC(=O)OCC(O)CO.CCCCCCCCC=CCCCCCCCCCCCCCC(=O)[O-].CCCCCCCCC=CCCCCCCCCCCCCCC(=O)[O-]. The highest BCUT2D eigenvalue weighted by Crippen LogP contribution is 2.17. The third-order valence-corrected chi connectivity index (χ3v) is 16.1. The maximum Gasteiger partial charge on any atom is 0.305 e. The Morgan fingerprint density at radius 2 is 0.482 bits per heavy atom. The van der Waals surface area contributed by atoms with Crippen molar-refractivity contribution < 1.29 is 39.5 Å². The minimum atomic E-state index is -0.958. The third-order valence-electron chi connectivity index (χ3n) is 16.1. The number of aliphatic hydroxyl groups excluding tert-OH is 2. The van der Waals surface area contributed by atoms with E-state index in [2.05, 4.69) is 57.2 Å². The number of carbonyl (C=O) groups excluding carboxylic acids is 3. The lowest BCUT2D eigenvalue weighted by Gasteiger charge is -2.08. The predicted octanol–water partition coefficient (Wildman–Crippen LogP) is 21.5. The molecule has 83 heavy (non-hydrogen) atoms. The molecule has 0 bridgehead atoms. The topological polar surface area (TPSA) is 147 Å². The maximum atomic E-state index is 11.4. The molecule has 8 heteroatoms. The molecular formula is C75H142O8-2. The largest absolute Gasteiger partial charge is 0.550 e. The third kappa shape index (κ3) is 88.4. The number of allylic oxidation sites excluding steroid dienone is 6. The zero-order valence-corrected chi connectivity index (χ0v) is 55.7. The number of aliphatic carboxylic acids is 2. The molecule has 0 saturated heterocycles. The van der Waals surface area contributed by atoms with Crippen molar-refractivity contribution >= 4 is 17.9 Å².